The summed E-state index contributed by atoms with van der Waals surface area (Å²) in [5, 5.41) is 5.57. The first-order chi connectivity index (χ1) is 7.91. The van der Waals surface area contributed by atoms with Gasteiger partial charge in [0.25, 0.3) is 0 Å². The van der Waals surface area contributed by atoms with E-state index >= 15 is 0 Å². The number of thioether (sulfide) groups is 1. The summed E-state index contributed by atoms with van der Waals surface area (Å²) in [4.78, 5) is 0. The minimum absolute atomic E-state index is 0.282. The molecule has 0 amide bonds. The fourth-order valence-corrected chi connectivity index (χ4v) is 3.13. The molecule has 0 unspecified atom stereocenters. The fourth-order valence-electron chi connectivity index (χ4n) is 2.07. The maximum Gasteiger partial charge on any atom is 0.499 e. The van der Waals surface area contributed by atoms with Gasteiger partial charge in [-0.15, -0.1) is 11.8 Å². The lowest BCUT2D eigenvalue weighted by molar-refractivity contribution is 0.00578. The molecule has 17 heavy (non-hydrogen) atoms. The van der Waals surface area contributed by atoms with Gasteiger partial charge in [0.2, 0.25) is 0 Å². The molecule has 1 saturated heterocycles. The summed E-state index contributed by atoms with van der Waals surface area (Å²) in [5.41, 5.74) is 0.511. The van der Waals surface area contributed by atoms with Gasteiger partial charge in [0, 0.05) is 17.4 Å². The smallest absolute Gasteiger partial charge is 0.399 e. The van der Waals surface area contributed by atoms with Crippen molar-refractivity contribution in [3.05, 3.63) is 6.20 Å². The lowest BCUT2D eigenvalue weighted by atomic mass is 9.82. The maximum atomic E-state index is 6.04. The van der Waals surface area contributed by atoms with Crippen molar-refractivity contribution in [2.45, 2.75) is 50.5 Å². The van der Waals surface area contributed by atoms with E-state index in [2.05, 4.69) is 32.8 Å². The van der Waals surface area contributed by atoms with E-state index in [9.17, 15) is 0 Å². The first-order valence-electron chi connectivity index (χ1n) is 5.95. The first kappa shape index (κ1) is 11.6. The van der Waals surface area contributed by atoms with Crippen LogP contribution in [0.25, 0.3) is 0 Å². The number of rotatable bonds is 1. The Kier molecular flexibility index (Phi) is 2.41. The monoisotopic (exact) mass is 252 g/mol. The van der Waals surface area contributed by atoms with Gasteiger partial charge in [-0.3, -0.25) is 4.68 Å². The summed E-state index contributed by atoms with van der Waals surface area (Å²) in [7, 11) is -0.283. The third kappa shape index (κ3) is 1.65. The van der Waals surface area contributed by atoms with Crippen LogP contribution < -0.4 is 5.46 Å². The van der Waals surface area contributed by atoms with Crippen molar-refractivity contribution in [1.29, 1.82) is 0 Å². The third-order valence-electron chi connectivity index (χ3n) is 3.87. The minimum Gasteiger partial charge on any atom is -0.399 e. The molecule has 0 aromatic carbocycles. The maximum absolute atomic E-state index is 6.04. The zero-order valence-electron chi connectivity index (χ0n) is 10.7. The highest BCUT2D eigenvalue weighted by atomic mass is 32.2. The van der Waals surface area contributed by atoms with E-state index in [-0.39, 0.29) is 18.3 Å². The van der Waals surface area contributed by atoms with E-state index in [1.54, 1.807) is 0 Å². The Labute approximate surface area is 106 Å². The molecule has 1 fully saturated rings. The van der Waals surface area contributed by atoms with Crippen molar-refractivity contribution < 1.29 is 9.31 Å². The summed E-state index contributed by atoms with van der Waals surface area (Å²) in [6, 6.07) is 0. The van der Waals surface area contributed by atoms with Gasteiger partial charge in [0.05, 0.1) is 22.8 Å². The van der Waals surface area contributed by atoms with Crippen LogP contribution >= 0.6 is 11.8 Å². The predicted molar refractivity (Wildman–Crippen MR) is 68.7 cm³/mol. The highest BCUT2D eigenvalue weighted by molar-refractivity contribution is 7.99. The van der Waals surface area contributed by atoms with Crippen LogP contribution in [0, 0.1) is 0 Å². The standard InChI is InChI=1S/C11H17BN2O2S/c1-10(2)11(3,4)16-12(15-10)8-7-13-14-5-6-17-9(8)14/h7H,5-6H2,1-4H3. The lowest BCUT2D eigenvalue weighted by Crippen LogP contribution is -2.41. The van der Waals surface area contributed by atoms with Crippen molar-refractivity contribution in [2.75, 3.05) is 5.75 Å². The summed E-state index contributed by atoms with van der Waals surface area (Å²) in [6.07, 6.45) is 1.88. The molecule has 0 atom stereocenters. The Balaban J connectivity index is 1.92. The van der Waals surface area contributed by atoms with Crippen LogP contribution in [0.1, 0.15) is 27.7 Å². The summed E-state index contributed by atoms with van der Waals surface area (Å²) in [5.74, 6) is 1.09. The molecule has 3 heterocycles. The quantitative estimate of drug-likeness (QED) is 0.705. The normalized spacial score (nSPS) is 25.3. The Morgan fingerprint density at radius 2 is 1.94 bits per heavy atom. The lowest BCUT2D eigenvalue weighted by Gasteiger charge is -2.32. The van der Waals surface area contributed by atoms with Crippen molar-refractivity contribution in [2.24, 2.45) is 0 Å². The number of fused-ring (bicyclic) bond motifs is 1. The molecular formula is C11H17BN2O2S. The van der Waals surface area contributed by atoms with Crippen molar-refractivity contribution in [3.8, 4) is 0 Å². The van der Waals surface area contributed by atoms with Crippen LogP contribution in [0.4, 0.5) is 0 Å². The van der Waals surface area contributed by atoms with Gasteiger partial charge in [0.15, 0.2) is 0 Å². The SMILES string of the molecule is CC1(C)OB(c2cnn3c2SCC3)OC1(C)C. The molecule has 2 aliphatic heterocycles. The Bertz CT molecular complexity index is 442. The van der Waals surface area contributed by atoms with Crippen molar-refractivity contribution in [3.63, 3.8) is 0 Å². The molecule has 6 heteroatoms. The predicted octanol–water partition coefficient (Wildman–Crippen LogP) is 1.29. The molecule has 0 saturated carbocycles. The Morgan fingerprint density at radius 3 is 2.59 bits per heavy atom. The molecule has 0 N–H and O–H groups in total. The number of hydrogen-bond donors (Lipinski definition) is 0. The van der Waals surface area contributed by atoms with Gasteiger partial charge in [0.1, 0.15) is 0 Å². The second-order valence-corrected chi connectivity index (χ2v) is 6.65. The number of aromatic nitrogens is 2. The fraction of sp³-hybridized carbons (Fsp3) is 0.727. The van der Waals surface area contributed by atoms with Gasteiger partial charge < -0.3 is 9.31 Å². The minimum atomic E-state index is -0.283. The first-order valence-corrected chi connectivity index (χ1v) is 6.93. The Morgan fingerprint density at radius 1 is 1.29 bits per heavy atom. The summed E-state index contributed by atoms with van der Waals surface area (Å²) < 4.78 is 14.1. The third-order valence-corrected chi connectivity index (χ3v) is 4.97. The molecule has 92 valence electrons. The van der Waals surface area contributed by atoms with E-state index in [1.807, 2.05) is 22.6 Å². The van der Waals surface area contributed by atoms with Crippen LogP contribution in [-0.4, -0.2) is 33.9 Å². The number of aryl methyl sites for hydroxylation is 1. The van der Waals surface area contributed by atoms with Gasteiger partial charge >= 0.3 is 7.12 Å². The molecule has 0 bridgehead atoms. The molecule has 0 spiro atoms. The van der Waals surface area contributed by atoms with E-state index < -0.39 is 0 Å². The molecular weight excluding hydrogens is 235 g/mol. The largest absolute Gasteiger partial charge is 0.499 e. The molecule has 0 aliphatic carbocycles. The molecule has 2 aliphatic rings. The van der Waals surface area contributed by atoms with Crippen molar-refractivity contribution in [1.82, 2.24) is 9.78 Å². The average Bonchev–Trinajstić information content (AvgIpc) is 2.78. The van der Waals surface area contributed by atoms with Gasteiger partial charge in [-0.2, -0.15) is 5.10 Å². The van der Waals surface area contributed by atoms with E-state index in [1.165, 1.54) is 5.03 Å². The Hall–Kier alpha value is -0.455. The zero-order valence-corrected chi connectivity index (χ0v) is 11.5. The molecule has 3 rings (SSSR count). The van der Waals surface area contributed by atoms with Crippen LogP contribution in [-0.2, 0) is 15.9 Å². The highest BCUT2D eigenvalue weighted by Crippen LogP contribution is 2.37. The second-order valence-electron chi connectivity index (χ2n) is 5.56. The van der Waals surface area contributed by atoms with E-state index in [0.29, 0.717) is 0 Å². The molecule has 1 aromatic rings. The van der Waals surface area contributed by atoms with E-state index in [4.69, 9.17) is 9.31 Å². The van der Waals surface area contributed by atoms with Crippen LogP contribution in [0.2, 0.25) is 0 Å². The van der Waals surface area contributed by atoms with E-state index in [0.717, 1.165) is 17.8 Å². The van der Waals surface area contributed by atoms with Gasteiger partial charge in [-0.25, -0.2) is 0 Å². The van der Waals surface area contributed by atoms with Crippen molar-refractivity contribution >= 4 is 24.3 Å². The van der Waals surface area contributed by atoms with Gasteiger partial charge in [-0.1, -0.05) is 0 Å². The number of nitrogens with zero attached hydrogens (tertiary/aromatic N) is 2. The zero-order chi connectivity index (χ0) is 12.3. The van der Waals surface area contributed by atoms with Gasteiger partial charge in [-0.05, 0) is 27.7 Å². The van der Waals surface area contributed by atoms with Crippen LogP contribution in [0.5, 0.6) is 0 Å². The van der Waals surface area contributed by atoms with Crippen LogP contribution in [0.3, 0.4) is 0 Å². The molecule has 4 nitrogen and oxygen atoms in total. The number of hydrogen-bond acceptors (Lipinski definition) is 4. The molecule has 0 radical (unpaired) electrons. The topological polar surface area (TPSA) is 36.3 Å². The van der Waals surface area contributed by atoms with Crippen LogP contribution in [0.15, 0.2) is 11.2 Å². The summed E-state index contributed by atoms with van der Waals surface area (Å²) in [6.45, 7) is 9.28. The second kappa shape index (κ2) is 3.52. The molecule has 1 aromatic heterocycles. The average molecular weight is 252 g/mol. The summed E-state index contributed by atoms with van der Waals surface area (Å²) >= 11 is 1.83. The highest BCUT2D eigenvalue weighted by Gasteiger charge is 2.53.